The highest BCUT2D eigenvalue weighted by atomic mass is 16.6. The number of carbonyl (C=O) groups is 4. The SMILES string of the molecule is CCCCCCCOc1ccc(C(=O)CCOCC(O)COc2ccc3ccc(OCC(O)CCC(=O)c4ccc(OCCCCCC)cc4)cc3c2Cc2c(OCC(O)COC(=O)CCCCCCC)ccc3ccc(OCC(O)COC(=O)CCCCCCC)cc23)cc1. The lowest BCUT2D eigenvalue weighted by Crippen LogP contribution is -2.25. The number of esters is 2. The Balaban J connectivity index is 1.22. The number of ketones is 2. The number of benzene rings is 6. The van der Waals surface area contributed by atoms with Gasteiger partial charge in [0, 0.05) is 54.4 Å². The summed E-state index contributed by atoms with van der Waals surface area (Å²) < 4.78 is 53.9. The van der Waals surface area contributed by atoms with Gasteiger partial charge in [-0.25, -0.2) is 0 Å². The van der Waals surface area contributed by atoms with Gasteiger partial charge in [-0.3, -0.25) is 19.2 Å². The molecule has 0 aliphatic rings. The number of unbranched alkanes of at least 4 members (excludes halogenated alkanes) is 15. The number of ether oxygens (including phenoxy) is 9. The number of aliphatic hydroxyl groups is 4. The van der Waals surface area contributed by atoms with E-state index in [0.717, 1.165) is 107 Å². The summed E-state index contributed by atoms with van der Waals surface area (Å²) in [5, 5.41) is 47.7. The number of fused-ring (bicyclic) bond motifs is 2. The molecule has 0 aromatic heterocycles. The number of Topliss-reactive ketones (excluding diaryl/α,β-unsaturated/α-hetero) is 2. The van der Waals surface area contributed by atoms with Gasteiger partial charge in [-0.05, 0) is 139 Å². The van der Waals surface area contributed by atoms with Crippen molar-refractivity contribution in [2.45, 2.75) is 213 Å². The Hall–Kier alpha value is -7.28. The van der Waals surface area contributed by atoms with Crippen LogP contribution >= 0.6 is 0 Å². The summed E-state index contributed by atoms with van der Waals surface area (Å²) in [7, 11) is 0. The number of hydrogen-bond donors (Lipinski definition) is 4. The summed E-state index contributed by atoms with van der Waals surface area (Å²) in [6, 6.07) is 32.6. The average Bonchev–Trinajstić information content (AvgIpc) is 0.774. The molecule has 0 heterocycles. The van der Waals surface area contributed by atoms with E-state index < -0.39 is 30.4 Å². The van der Waals surface area contributed by atoms with Crippen LogP contribution in [0.3, 0.4) is 0 Å². The molecule has 6 aromatic carbocycles. The maximum atomic E-state index is 13.3. The fourth-order valence-electron chi connectivity index (χ4n) is 11.0. The van der Waals surface area contributed by atoms with Gasteiger partial charge in [-0.2, -0.15) is 0 Å². The monoisotopic (exact) mass is 1330 g/mol. The molecular formula is C79H108O17. The van der Waals surface area contributed by atoms with E-state index in [0.29, 0.717) is 87.2 Å². The molecule has 0 bridgehead atoms. The van der Waals surface area contributed by atoms with Crippen LogP contribution in [-0.2, 0) is 30.2 Å². The maximum absolute atomic E-state index is 13.3. The summed E-state index contributed by atoms with van der Waals surface area (Å²) in [6.45, 7) is 8.61. The lowest BCUT2D eigenvalue weighted by Gasteiger charge is -2.21. The van der Waals surface area contributed by atoms with E-state index in [2.05, 4.69) is 27.7 Å². The van der Waals surface area contributed by atoms with Crippen molar-refractivity contribution < 1.29 is 82.2 Å². The summed E-state index contributed by atoms with van der Waals surface area (Å²) in [5.74, 6) is 2.06. The molecule has 4 unspecified atom stereocenters. The Kier molecular flexibility index (Phi) is 36.6. The highest BCUT2D eigenvalue weighted by molar-refractivity contribution is 5.97. The predicted molar refractivity (Wildman–Crippen MR) is 375 cm³/mol. The number of hydrogen-bond acceptors (Lipinski definition) is 17. The zero-order valence-corrected chi connectivity index (χ0v) is 57.5. The topological polar surface area (TPSA) is 232 Å². The van der Waals surface area contributed by atoms with Crippen LogP contribution in [0, 0.1) is 0 Å². The highest BCUT2D eigenvalue weighted by Gasteiger charge is 2.22. The van der Waals surface area contributed by atoms with Gasteiger partial charge in [-0.15, -0.1) is 0 Å². The van der Waals surface area contributed by atoms with Crippen molar-refractivity contribution in [1.29, 1.82) is 0 Å². The van der Waals surface area contributed by atoms with Gasteiger partial charge in [0.25, 0.3) is 0 Å². The Morgan fingerprint density at radius 2 is 0.719 bits per heavy atom. The maximum Gasteiger partial charge on any atom is 0.305 e. The molecule has 526 valence electrons. The van der Waals surface area contributed by atoms with E-state index >= 15 is 0 Å². The molecule has 0 saturated heterocycles. The first kappa shape index (κ1) is 77.7. The van der Waals surface area contributed by atoms with Gasteiger partial charge >= 0.3 is 11.9 Å². The molecule has 0 fully saturated rings. The van der Waals surface area contributed by atoms with Crippen LogP contribution in [0.15, 0.2) is 109 Å². The minimum Gasteiger partial charge on any atom is -0.494 e. The standard InChI is InChI=1S/C79H108O17/c1-5-9-13-17-20-24-78(86)95-56-64(82)53-92-69-40-27-59-33-43-77(94-55-65(83)57-96-79(87)25-21-18-14-10-6-2)73(71(59)49-69)50-72-70-48-68(91-52-62(80)34-41-74(84)60-28-35-66(36-29-60)89-45-22-16-12-8-4)39-26-58(70)32-42-76(72)93-54-63(81)51-88-47-44-75(85)61-30-37-67(38-31-61)90-46-23-19-15-11-7-3/h26-33,35-40,42-43,48-49,62-65,80-83H,5-25,34,41,44-47,50-57H2,1-4H3. The van der Waals surface area contributed by atoms with Crippen molar-refractivity contribution in [3.05, 3.63) is 131 Å². The Morgan fingerprint density at radius 3 is 1.18 bits per heavy atom. The van der Waals surface area contributed by atoms with Crippen LogP contribution in [-0.4, -0.2) is 134 Å². The van der Waals surface area contributed by atoms with Crippen molar-refractivity contribution in [3.8, 4) is 34.5 Å². The zero-order valence-electron chi connectivity index (χ0n) is 57.5. The lowest BCUT2D eigenvalue weighted by molar-refractivity contribution is -0.148. The smallest absolute Gasteiger partial charge is 0.305 e. The van der Waals surface area contributed by atoms with E-state index in [1.807, 2.05) is 42.5 Å². The van der Waals surface area contributed by atoms with Gasteiger partial charge in [0.1, 0.15) is 92.5 Å². The van der Waals surface area contributed by atoms with Crippen LogP contribution < -0.4 is 28.4 Å². The molecular weight excluding hydrogens is 1220 g/mol. The molecule has 6 rings (SSSR count). The molecule has 4 atom stereocenters. The minimum atomic E-state index is -1.17. The second-order valence-corrected chi connectivity index (χ2v) is 25.0. The van der Waals surface area contributed by atoms with Gasteiger partial charge < -0.3 is 63.1 Å². The van der Waals surface area contributed by atoms with Crippen LogP contribution in [0.4, 0.5) is 0 Å². The number of rotatable bonds is 53. The van der Waals surface area contributed by atoms with Gasteiger partial charge in [0.2, 0.25) is 0 Å². The first-order valence-corrected chi connectivity index (χ1v) is 35.5. The zero-order chi connectivity index (χ0) is 68.5. The third-order valence-corrected chi connectivity index (χ3v) is 16.7. The van der Waals surface area contributed by atoms with Crippen molar-refractivity contribution in [2.75, 3.05) is 66.1 Å². The minimum absolute atomic E-state index is 0.0708. The Labute approximate surface area is 569 Å². The fourth-order valence-corrected chi connectivity index (χ4v) is 11.0. The molecule has 96 heavy (non-hydrogen) atoms. The second-order valence-electron chi connectivity index (χ2n) is 25.0. The largest absolute Gasteiger partial charge is 0.494 e. The summed E-state index contributed by atoms with van der Waals surface area (Å²) in [5.41, 5.74) is 2.36. The van der Waals surface area contributed by atoms with Gasteiger partial charge in [-0.1, -0.05) is 148 Å². The first-order valence-electron chi connectivity index (χ1n) is 35.5. The van der Waals surface area contributed by atoms with Crippen molar-refractivity contribution in [2.24, 2.45) is 0 Å². The third-order valence-electron chi connectivity index (χ3n) is 16.7. The normalized spacial score (nSPS) is 12.6. The van der Waals surface area contributed by atoms with E-state index in [1.165, 1.54) is 19.3 Å². The predicted octanol–water partition coefficient (Wildman–Crippen LogP) is 15.6. The van der Waals surface area contributed by atoms with Gasteiger partial charge in [0.15, 0.2) is 11.6 Å². The van der Waals surface area contributed by atoms with Crippen LogP contribution in [0.5, 0.6) is 34.5 Å². The van der Waals surface area contributed by atoms with Crippen LogP contribution in [0.1, 0.15) is 214 Å². The molecule has 0 aliphatic heterocycles. The van der Waals surface area contributed by atoms with E-state index in [1.54, 1.807) is 66.7 Å². The summed E-state index contributed by atoms with van der Waals surface area (Å²) in [6.07, 6.45) is 16.5. The molecule has 0 amide bonds. The van der Waals surface area contributed by atoms with Crippen molar-refractivity contribution in [1.82, 2.24) is 0 Å². The summed E-state index contributed by atoms with van der Waals surface area (Å²) >= 11 is 0. The van der Waals surface area contributed by atoms with Crippen LogP contribution in [0.2, 0.25) is 0 Å². The molecule has 0 saturated carbocycles. The molecule has 0 radical (unpaired) electrons. The van der Waals surface area contributed by atoms with Gasteiger partial charge in [0.05, 0.1) is 32.5 Å². The average molecular weight is 1330 g/mol. The van der Waals surface area contributed by atoms with Crippen molar-refractivity contribution in [3.63, 3.8) is 0 Å². The summed E-state index contributed by atoms with van der Waals surface area (Å²) in [4.78, 5) is 51.6. The highest BCUT2D eigenvalue weighted by Crippen LogP contribution is 2.39. The van der Waals surface area contributed by atoms with Crippen molar-refractivity contribution >= 4 is 45.0 Å². The second kappa shape index (κ2) is 45.3. The molecule has 17 nitrogen and oxygen atoms in total. The molecule has 0 aliphatic carbocycles. The molecule has 4 N–H and O–H groups in total. The molecule has 17 heteroatoms. The van der Waals surface area contributed by atoms with Crippen LogP contribution in [0.25, 0.3) is 21.5 Å². The molecule has 6 aromatic rings. The molecule has 0 spiro atoms. The Bertz CT molecular complexity index is 3190. The van der Waals surface area contributed by atoms with E-state index in [9.17, 15) is 39.6 Å². The quantitative estimate of drug-likeness (QED) is 0.0158. The lowest BCUT2D eigenvalue weighted by atomic mass is 9.93. The first-order chi connectivity index (χ1) is 46.8. The Morgan fingerprint density at radius 1 is 0.344 bits per heavy atom. The number of aliphatic hydroxyl groups excluding tert-OH is 4. The fraction of sp³-hybridized carbons (Fsp3) is 0.544. The van der Waals surface area contributed by atoms with E-state index in [-0.39, 0.29) is 109 Å². The third kappa shape index (κ3) is 29.2. The van der Waals surface area contributed by atoms with E-state index in [4.69, 9.17) is 42.6 Å². The number of carbonyl (C=O) groups excluding carboxylic acids is 4.